The Kier molecular flexibility index (Phi) is 4.44. The monoisotopic (exact) mass is 455 g/mol. The minimum Gasteiger partial charge on any atom is -0.376 e. The van der Waals surface area contributed by atoms with Crippen LogP contribution in [0.3, 0.4) is 0 Å². The Morgan fingerprint density at radius 1 is 1.06 bits per heavy atom. The van der Waals surface area contributed by atoms with Crippen LogP contribution in [-0.2, 0) is 0 Å². The number of benzene rings is 1. The van der Waals surface area contributed by atoms with Gasteiger partial charge in [-0.05, 0) is 29.6 Å². The second-order valence-electron chi connectivity index (χ2n) is 7.90. The summed E-state index contributed by atoms with van der Waals surface area (Å²) in [7, 11) is 3.85. The predicted molar refractivity (Wildman–Crippen MR) is 130 cm³/mol. The molecule has 0 fully saturated rings. The minimum atomic E-state index is -0.346. The van der Waals surface area contributed by atoms with E-state index >= 15 is 4.39 Å². The van der Waals surface area contributed by atoms with Gasteiger partial charge in [0.05, 0.1) is 22.9 Å². The summed E-state index contributed by atoms with van der Waals surface area (Å²) in [6.07, 6.45) is 5.16. The highest BCUT2D eigenvalue weighted by molar-refractivity contribution is 7.13. The standard InChI is InChI=1S/C24H18FN7S/c1-32(2)14-8-13(11-26-12-14)16-9-17-19(10-18(16)25)30-31-22(17)24-28-21-15(20-4-3-7-33-20)5-6-27-23(21)29-24/h3-12H,1-2H3,(H,30,31)(H,27,28,29). The molecule has 0 atom stereocenters. The molecule has 0 bridgehead atoms. The first kappa shape index (κ1) is 19.6. The van der Waals surface area contributed by atoms with Crippen LogP contribution >= 0.6 is 11.3 Å². The van der Waals surface area contributed by atoms with Crippen molar-refractivity contribution in [2.75, 3.05) is 19.0 Å². The lowest BCUT2D eigenvalue weighted by Gasteiger charge is -2.13. The summed E-state index contributed by atoms with van der Waals surface area (Å²) < 4.78 is 15.0. The number of hydrogen-bond acceptors (Lipinski definition) is 6. The molecule has 0 aliphatic rings. The Balaban J connectivity index is 1.52. The van der Waals surface area contributed by atoms with Crippen molar-refractivity contribution in [3.8, 4) is 33.1 Å². The third-order valence-corrected chi connectivity index (χ3v) is 6.51. The summed E-state index contributed by atoms with van der Waals surface area (Å²) in [6, 6.07) is 11.2. The predicted octanol–water partition coefficient (Wildman–Crippen LogP) is 5.50. The molecule has 0 aliphatic heterocycles. The molecule has 0 saturated carbocycles. The molecule has 0 radical (unpaired) electrons. The molecule has 9 heteroatoms. The van der Waals surface area contributed by atoms with E-state index in [1.807, 2.05) is 42.6 Å². The molecule has 6 rings (SSSR count). The summed E-state index contributed by atoms with van der Waals surface area (Å²) in [4.78, 5) is 19.8. The average molecular weight is 456 g/mol. The first-order chi connectivity index (χ1) is 16.1. The van der Waals surface area contributed by atoms with Crippen LogP contribution in [0, 0.1) is 5.82 Å². The van der Waals surface area contributed by atoms with Gasteiger partial charge in [0.1, 0.15) is 11.5 Å². The number of nitrogens with one attached hydrogen (secondary N) is 2. The fourth-order valence-corrected chi connectivity index (χ4v) is 4.68. The van der Waals surface area contributed by atoms with E-state index in [0.29, 0.717) is 33.8 Å². The van der Waals surface area contributed by atoms with Gasteiger partial charge in [-0.2, -0.15) is 5.10 Å². The number of anilines is 1. The molecule has 33 heavy (non-hydrogen) atoms. The highest BCUT2D eigenvalue weighted by Crippen LogP contribution is 2.35. The lowest BCUT2D eigenvalue weighted by atomic mass is 10.0. The molecule has 2 N–H and O–H groups in total. The van der Waals surface area contributed by atoms with Crippen LogP contribution < -0.4 is 4.90 Å². The van der Waals surface area contributed by atoms with Gasteiger partial charge in [-0.3, -0.25) is 10.1 Å². The number of aromatic nitrogens is 6. The molecule has 0 amide bonds. The largest absolute Gasteiger partial charge is 0.376 e. The molecular formula is C24H18FN7S. The van der Waals surface area contributed by atoms with Gasteiger partial charge in [-0.15, -0.1) is 11.3 Å². The van der Waals surface area contributed by atoms with Gasteiger partial charge in [-0.25, -0.2) is 14.4 Å². The van der Waals surface area contributed by atoms with Crippen LogP contribution in [0.2, 0.25) is 0 Å². The number of aromatic amines is 2. The smallest absolute Gasteiger partial charge is 0.178 e. The van der Waals surface area contributed by atoms with Crippen molar-refractivity contribution in [3.05, 3.63) is 66.2 Å². The molecule has 1 aromatic carbocycles. The molecule has 0 aliphatic carbocycles. The number of fused-ring (bicyclic) bond motifs is 2. The SMILES string of the molecule is CN(C)c1cncc(-c2cc3c(-c4nc5nccc(-c6cccs6)c5[nH]4)n[nH]c3cc2F)c1. The van der Waals surface area contributed by atoms with Crippen molar-refractivity contribution in [2.45, 2.75) is 0 Å². The zero-order valence-corrected chi connectivity index (χ0v) is 18.6. The Morgan fingerprint density at radius 2 is 1.97 bits per heavy atom. The van der Waals surface area contributed by atoms with Gasteiger partial charge in [0, 0.05) is 59.5 Å². The minimum absolute atomic E-state index is 0.346. The Hall–Kier alpha value is -4.11. The molecular weight excluding hydrogens is 437 g/mol. The molecule has 5 heterocycles. The van der Waals surface area contributed by atoms with E-state index in [-0.39, 0.29) is 5.82 Å². The van der Waals surface area contributed by atoms with E-state index in [1.54, 1.807) is 36.0 Å². The van der Waals surface area contributed by atoms with Crippen LogP contribution in [0.5, 0.6) is 0 Å². The maximum absolute atomic E-state index is 15.0. The van der Waals surface area contributed by atoms with Gasteiger partial charge in [-0.1, -0.05) is 6.07 Å². The van der Waals surface area contributed by atoms with Crippen LogP contribution in [-0.4, -0.2) is 44.2 Å². The van der Waals surface area contributed by atoms with E-state index in [0.717, 1.165) is 27.0 Å². The van der Waals surface area contributed by atoms with Crippen molar-refractivity contribution in [3.63, 3.8) is 0 Å². The Labute approximate surface area is 192 Å². The van der Waals surface area contributed by atoms with Gasteiger partial charge < -0.3 is 9.88 Å². The van der Waals surface area contributed by atoms with Crippen molar-refractivity contribution >= 4 is 39.1 Å². The topological polar surface area (TPSA) is 86.4 Å². The maximum Gasteiger partial charge on any atom is 0.178 e. The lowest BCUT2D eigenvalue weighted by Crippen LogP contribution is -2.08. The van der Waals surface area contributed by atoms with Crippen LogP contribution in [0.4, 0.5) is 10.1 Å². The molecule has 0 spiro atoms. The molecule has 162 valence electrons. The molecule has 0 unspecified atom stereocenters. The second-order valence-corrected chi connectivity index (χ2v) is 8.84. The lowest BCUT2D eigenvalue weighted by molar-refractivity contribution is 0.632. The van der Waals surface area contributed by atoms with Crippen LogP contribution in [0.25, 0.3) is 55.2 Å². The first-order valence-electron chi connectivity index (χ1n) is 10.3. The highest BCUT2D eigenvalue weighted by atomic mass is 32.1. The highest BCUT2D eigenvalue weighted by Gasteiger charge is 2.18. The van der Waals surface area contributed by atoms with Crippen molar-refractivity contribution in [1.82, 2.24) is 30.1 Å². The maximum atomic E-state index is 15.0. The second kappa shape index (κ2) is 7.49. The molecule has 6 aromatic rings. The summed E-state index contributed by atoms with van der Waals surface area (Å²) >= 11 is 1.66. The first-order valence-corrected chi connectivity index (χ1v) is 11.2. The van der Waals surface area contributed by atoms with Gasteiger partial charge in [0.15, 0.2) is 11.5 Å². The van der Waals surface area contributed by atoms with E-state index in [2.05, 4.69) is 36.2 Å². The summed E-state index contributed by atoms with van der Waals surface area (Å²) in [5.74, 6) is 0.229. The molecule has 0 saturated heterocycles. The number of pyridine rings is 2. The Bertz CT molecular complexity index is 1620. The van der Waals surface area contributed by atoms with Gasteiger partial charge in [0.2, 0.25) is 0 Å². The van der Waals surface area contributed by atoms with E-state index < -0.39 is 0 Å². The fourth-order valence-electron chi connectivity index (χ4n) is 3.92. The van der Waals surface area contributed by atoms with Crippen molar-refractivity contribution < 1.29 is 4.39 Å². The quantitative estimate of drug-likeness (QED) is 0.367. The van der Waals surface area contributed by atoms with Crippen LogP contribution in [0.1, 0.15) is 0 Å². The van der Waals surface area contributed by atoms with E-state index in [9.17, 15) is 0 Å². The zero-order valence-electron chi connectivity index (χ0n) is 17.8. The normalized spacial score (nSPS) is 11.5. The van der Waals surface area contributed by atoms with Crippen LogP contribution in [0.15, 0.2) is 60.4 Å². The van der Waals surface area contributed by atoms with Crippen molar-refractivity contribution in [1.29, 1.82) is 0 Å². The van der Waals surface area contributed by atoms with Gasteiger partial charge >= 0.3 is 0 Å². The third-order valence-electron chi connectivity index (χ3n) is 5.60. The molecule has 7 nitrogen and oxygen atoms in total. The number of halogens is 1. The summed E-state index contributed by atoms with van der Waals surface area (Å²) in [6.45, 7) is 0. The van der Waals surface area contributed by atoms with E-state index in [4.69, 9.17) is 0 Å². The van der Waals surface area contributed by atoms with Crippen molar-refractivity contribution in [2.24, 2.45) is 0 Å². The Morgan fingerprint density at radius 3 is 2.79 bits per heavy atom. The number of H-pyrrole nitrogens is 2. The average Bonchev–Trinajstić information content (AvgIpc) is 3.57. The summed E-state index contributed by atoms with van der Waals surface area (Å²) in [5, 5.41) is 10.2. The van der Waals surface area contributed by atoms with E-state index in [1.165, 1.54) is 6.07 Å². The third kappa shape index (κ3) is 3.25. The molecule has 5 aromatic heterocycles. The number of imidazole rings is 1. The number of rotatable bonds is 4. The fraction of sp³-hybridized carbons (Fsp3) is 0.0833. The number of nitrogens with zero attached hydrogens (tertiary/aromatic N) is 5. The summed E-state index contributed by atoms with van der Waals surface area (Å²) in [5.41, 5.74) is 5.73. The zero-order chi connectivity index (χ0) is 22.5. The van der Waals surface area contributed by atoms with Gasteiger partial charge in [0.25, 0.3) is 0 Å². The number of thiophene rings is 1. The number of hydrogen-bond donors (Lipinski definition) is 2.